The van der Waals surface area contributed by atoms with E-state index in [1.807, 2.05) is 22.5 Å². The highest BCUT2D eigenvalue weighted by Gasteiger charge is 2.33. The molecule has 1 aliphatic heterocycles. The van der Waals surface area contributed by atoms with Gasteiger partial charge < -0.3 is 10.6 Å². The van der Waals surface area contributed by atoms with Gasteiger partial charge in [0.2, 0.25) is 5.88 Å². The fourth-order valence-corrected chi connectivity index (χ4v) is 3.16. The maximum atomic E-state index is 5.79. The van der Waals surface area contributed by atoms with Gasteiger partial charge in [-0.2, -0.15) is 0 Å². The molecule has 2 aliphatic rings. The Labute approximate surface area is 106 Å². The van der Waals surface area contributed by atoms with E-state index in [-0.39, 0.29) is 6.04 Å². The molecule has 1 aliphatic carbocycles. The van der Waals surface area contributed by atoms with Crippen molar-refractivity contribution in [1.29, 1.82) is 0 Å². The van der Waals surface area contributed by atoms with Crippen LogP contribution in [0.15, 0.2) is 24.1 Å². The molecular formula is C13H18N2OS. The molecule has 1 aromatic heterocycles. The molecule has 0 amide bonds. The van der Waals surface area contributed by atoms with E-state index in [4.69, 9.17) is 10.6 Å². The Hall–Kier alpha value is -1.00. The quantitative estimate of drug-likeness (QED) is 0.893. The number of nitrogens with zero attached hydrogens (tertiary/aromatic N) is 1. The lowest BCUT2D eigenvalue weighted by molar-refractivity contribution is -0.122. The molecule has 1 aromatic rings. The monoisotopic (exact) mass is 250 g/mol. The molecule has 0 bridgehead atoms. The molecule has 1 saturated carbocycles. The van der Waals surface area contributed by atoms with Gasteiger partial charge in [0, 0.05) is 22.4 Å². The number of nitrogens with two attached hydrogens (primary N) is 1. The maximum Gasteiger partial charge on any atom is 0.207 e. The van der Waals surface area contributed by atoms with Gasteiger partial charge in [-0.3, -0.25) is 0 Å². The van der Waals surface area contributed by atoms with Crippen molar-refractivity contribution in [1.82, 2.24) is 5.06 Å². The lowest BCUT2D eigenvalue weighted by atomic mass is 10.2. The highest BCUT2D eigenvalue weighted by Crippen LogP contribution is 2.38. The molecule has 3 nitrogen and oxygen atoms in total. The van der Waals surface area contributed by atoms with Crippen LogP contribution in [-0.2, 0) is 11.3 Å². The van der Waals surface area contributed by atoms with Gasteiger partial charge in [-0.1, -0.05) is 6.92 Å². The molecule has 0 aromatic carbocycles. The van der Waals surface area contributed by atoms with Crippen molar-refractivity contribution in [2.24, 2.45) is 11.7 Å². The molecule has 2 N–H and O–H groups in total. The fourth-order valence-electron chi connectivity index (χ4n) is 2.13. The highest BCUT2D eigenvalue weighted by atomic mass is 32.1. The molecule has 0 saturated heterocycles. The number of hydrogen-bond donors (Lipinski definition) is 1. The zero-order valence-electron chi connectivity index (χ0n) is 10.1. The first-order valence-corrected chi connectivity index (χ1v) is 7.08. The molecule has 1 fully saturated rings. The smallest absolute Gasteiger partial charge is 0.207 e. The second-order valence-electron chi connectivity index (χ2n) is 4.81. The first-order valence-electron chi connectivity index (χ1n) is 6.26. The molecule has 0 radical (unpaired) electrons. The van der Waals surface area contributed by atoms with Crippen LogP contribution in [0.3, 0.4) is 0 Å². The lowest BCUT2D eigenvalue weighted by Gasteiger charge is -2.21. The largest absolute Gasteiger partial charge is 0.388 e. The van der Waals surface area contributed by atoms with Crippen LogP contribution in [0.4, 0.5) is 0 Å². The number of hydrogen-bond acceptors (Lipinski definition) is 4. The van der Waals surface area contributed by atoms with Crippen LogP contribution in [0, 0.1) is 5.92 Å². The van der Waals surface area contributed by atoms with Gasteiger partial charge in [0.25, 0.3) is 0 Å². The third-order valence-electron chi connectivity index (χ3n) is 3.31. The van der Waals surface area contributed by atoms with E-state index in [9.17, 15) is 0 Å². The van der Waals surface area contributed by atoms with E-state index in [0.29, 0.717) is 5.88 Å². The van der Waals surface area contributed by atoms with Crippen LogP contribution in [0.2, 0.25) is 0 Å². The first kappa shape index (κ1) is 11.1. The lowest BCUT2D eigenvalue weighted by Crippen LogP contribution is -2.25. The molecule has 4 heteroatoms. The predicted octanol–water partition coefficient (Wildman–Crippen LogP) is 2.81. The van der Waals surface area contributed by atoms with E-state index >= 15 is 0 Å². The third kappa shape index (κ3) is 2.33. The predicted molar refractivity (Wildman–Crippen MR) is 69.2 cm³/mol. The van der Waals surface area contributed by atoms with Crippen molar-refractivity contribution < 1.29 is 4.84 Å². The van der Waals surface area contributed by atoms with E-state index in [1.165, 1.54) is 22.6 Å². The minimum atomic E-state index is 0.223. The Morgan fingerprint density at radius 2 is 2.29 bits per heavy atom. The van der Waals surface area contributed by atoms with Gasteiger partial charge in [-0.05, 0) is 37.3 Å². The SMILES string of the molecule is CCc1ccc(C2C=C(N)ON2CC2CC2)s1. The Morgan fingerprint density at radius 1 is 1.47 bits per heavy atom. The van der Waals surface area contributed by atoms with Crippen molar-refractivity contribution in [3.05, 3.63) is 33.8 Å². The van der Waals surface area contributed by atoms with E-state index < -0.39 is 0 Å². The normalized spacial score (nSPS) is 24.8. The van der Waals surface area contributed by atoms with Crippen molar-refractivity contribution in [2.45, 2.75) is 32.2 Å². The first-order chi connectivity index (χ1) is 8.26. The average Bonchev–Trinajstić information content (AvgIpc) is 2.88. The number of aryl methyl sites for hydroxylation is 1. The van der Waals surface area contributed by atoms with Crippen molar-refractivity contribution in [3.63, 3.8) is 0 Å². The molecular weight excluding hydrogens is 232 g/mol. The Morgan fingerprint density at radius 3 is 2.94 bits per heavy atom. The number of thiophene rings is 1. The van der Waals surface area contributed by atoms with Gasteiger partial charge in [-0.15, -0.1) is 16.4 Å². The molecule has 0 spiro atoms. The van der Waals surface area contributed by atoms with Gasteiger partial charge in [0.15, 0.2) is 0 Å². The summed E-state index contributed by atoms with van der Waals surface area (Å²) in [7, 11) is 0. The zero-order chi connectivity index (χ0) is 11.8. The maximum absolute atomic E-state index is 5.79. The van der Waals surface area contributed by atoms with Crippen molar-refractivity contribution in [2.75, 3.05) is 6.54 Å². The van der Waals surface area contributed by atoms with Gasteiger partial charge in [0.1, 0.15) is 6.04 Å². The summed E-state index contributed by atoms with van der Waals surface area (Å²) in [5, 5.41) is 2.04. The van der Waals surface area contributed by atoms with E-state index in [2.05, 4.69) is 19.1 Å². The van der Waals surface area contributed by atoms with Crippen LogP contribution in [0.1, 0.15) is 35.6 Å². The van der Waals surface area contributed by atoms with Gasteiger partial charge in [-0.25, -0.2) is 0 Å². The minimum absolute atomic E-state index is 0.223. The Balaban J connectivity index is 1.77. The van der Waals surface area contributed by atoms with Crippen LogP contribution < -0.4 is 5.73 Å². The number of rotatable bonds is 4. The molecule has 92 valence electrons. The summed E-state index contributed by atoms with van der Waals surface area (Å²) >= 11 is 1.86. The summed E-state index contributed by atoms with van der Waals surface area (Å²) < 4.78 is 0. The highest BCUT2D eigenvalue weighted by molar-refractivity contribution is 7.12. The molecule has 1 atom stereocenters. The second-order valence-corrected chi connectivity index (χ2v) is 6.01. The van der Waals surface area contributed by atoms with E-state index in [1.54, 1.807) is 0 Å². The van der Waals surface area contributed by atoms with Crippen LogP contribution in [0.25, 0.3) is 0 Å². The summed E-state index contributed by atoms with van der Waals surface area (Å²) in [6, 6.07) is 4.63. The average molecular weight is 250 g/mol. The second kappa shape index (κ2) is 4.35. The molecule has 3 rings (SSSR count). The standard InChI is InChI=1S/C13H18N2OS/c1-2-10-5-6-12(17-10)11-7-13(14)16-15(11)8-9-3-4-9/h5-7,9,11H,2-4,8,14H2,1H3. The van der Waals surface area contributed by atoms with Crippen LogP contribution in [-0.4, -0.2) is 11.6 Å². The minimum Gasteiger partial charge on any atom is -0.388 e. The summed E-state index contributed by atoms with van der Waals surface area (Å²) in [6.45, 7) is 3.19. The summed E-state index contributed by atoms with van der Waals surface area (Å²) in [4.78, 5) is 8.36. The number of hydroxylamine groups is 2. The Bertz CT molecular complexity index is 436. The summed E-state index contributed by atoms with van der Waals surface area (Å²) in [5.74, 6) is 1.35. The third-order valence-corrected chi connectivity index (χ3v) is 4.61. The fraction of sp³-hybridized carbons (Fsp3) is 0.538. The van der Waals surface area contributed by atoms with Crippen LogP contribution >= 0.6 is 11.3 Å². The van der Waals surface area contributed by atoms with Gasteiger partial charge >= 0.3 is 0 Å². The van der Waals surface area contributed by atoms with Crippen molar-refractivity contribution >= 4 is 11.3 Å². The zero-order valence-corrected chi connectivity index (χ0v) is 10.9. The van der Waals surface area contributed by atoms with Crippen molar-refractivity contribution in [3.8, 4) is 0 Å². The topological polar surface area (TPSA) is 38.5 Å². The summed E-state index contributed by atoms with van der Waals surface area (Å²) in [5.41, 5.74) is 5.79. The van der Waals surface area contributed by atoms with Gasteiger partial charge in [0.05, 0.1) is 0 Å². The molecule has 17 heavy (non-hydrogen) atoms. The van der Waals surface area contributed by atoms with E-state index in [0.717, 1.165) is 18.9 Å². The molecule has 1 unspecified atom stereocenters. The summed E-state index contributed by atoms with van der Waals surface area (Å²) in [6.07, 6.45) is 5.78. The molecule has 2 heterocycles. The Kier molecular flexibility index (Phi) is 2.84. The van der Waals surface area contributed by atoms with Crippen LogP contribution in [0.5, 0.6) is 0 Å².